The molecule has 1 aromatic heterocycles. The highest BCUT2D eigenvalue weighted by Crippen LogP contribution is 2.14. The van der Waals surface area contributed by atoms with Crippen molar-refractivity contribution in [2.45, 2.75) is 24.3 Å². The first-order valence-corrected chi connectivity index (χ1v) is 9.19. The second-order valence-corrected chi connectivity index (χ2v) is 7.37. The molecule has 8 heteroatoms. The second-order valence-electron chi connectivity index (χ2n) is 5.17. The lowest BCUT2D eigenvalue weighted by molar-refractivity contribution is -0.121. The SMILES string of the molecule is CC(NC(=O)CCNS(=O)(=O)c1ccc(Cl)cc1)c1ccncc1. The van der Waals surface area contributed by atoms with Crippen molar-refractivity contribution in [1.82, 2.24) is 15.0 Å². The fourth-order valence-corrected chi connectivity index (χ4v) is 3.20. The molecular weight excluding hydrogens is 350 g/mol. The molecule has 1 heterocycles. The van der Waals surface area contributed by atoms with Gasteiger partial charge in [0.05, 0.1) is 10.9 Å². The summed E-state index contributed by atoms with van der Waals surface area (Å²) in [5.41, 5.74) is 0.931. The van der Waals surface area contributed by atoms with Crippen LogP contribution in [0.1, 0.15) is 24.9 Å². The Labute approximate surface area is 146 Å². The fourth-order valence-electron chi connectivity index (χ4n) is 2.05. The standard InChI is InChI=1S/C16H18ClN3O3S/c1-12(13-6-9-18-10-7-13)20-16(21)8-11-19-24(22,23)15-4-2-14(17)3-5-15/h2-7,9-10,12,19H,8,11H2,1H3,(H,20,21). The predicted molar refractivity (Wildman–Crippen MR) is 92.1 cm³/mol. The summed E-state index contributed by atoms with van der Waals surface area (Å²) in [6.45, 7) is 1.87. The number of carbonyl (C=O) groups excluding carboxylic acids is 1. The number of rotatable bonds is 7. The Morgan fingerprint density at radius 2 is 1.79 bits per heavy atom. The average molecular weight is 368 g/mol. The Bertz CT molecular complexity index is 780. The monoisotopic (exact) mass is 367 g/mol. The van der Waals surface area contributed by atoms with E-state index in [1.807, 2.05) is 19.1 Å². The summed E-state index contributed by atoms with van der Waals surface area (Å²) < 4.78 is 26.5. The molecule has 6 nitrogen and oxygen atoms in total. The summed E-state index contributed by atoms with van der Waals surface area (Å²) in [6.07, 6.45) is 3.35. The number of pyridine rings is 1. The number of halogens is 1. The third kappa shape index (κ3) is 5.30. The number of benzene rings is 1. The molecule has 0 saturated carbocycles. The number of nitrogens with zero attached hydrogens (tertiary/aromatic N) is 1. The first kappa shape index (κ1) is 18.4. The van der Waals surface area contributed by atoms with Gasteiger partial charge in [-0.05, 0) is 48.9 Å². The quantitative estimate of drug-likeness (QED) is 0.785. The van der Waals surface area contributed by atoms with E-state index in [-0.39, 0.29) is 29.8 Å². The van der Waals surface area contributed by atoms with Gasteiger partial charge in [-0.3, -0.25) is 9.78 Å². The minimum absolute atomic E-state index is 0.0137. The number of amides is 1. The highest BCUT2D eigenvalue weighted by atomic mass is 35.5. The molecule has 0 radical (unpaired) electrons. The number of nitrogens with one attached hydrogen (secondary N) is 2. The van der Waals surface area contributed by atoms with Gasteiger partial charge >= 0.3 is 0 Å². The molecule has 128 valence electrons. The summed E-state index contributed by atoms with van der Waals surface area (Å²) in [6, 6.07) is 9.28. The largest absolute Gasteiger partial charge is 0.350 e. The Kier molecular flexibility index (Phi) is 6.30. The Morgan fingerprint density at radius 3 is 2.42 bits per heavy atom. The highest BCUT2D eigenvalue weighted by molar-refractivity contribution is 7.89. The van der Waals surface area contributed by atoms with Crippen LogP contribution in [-0.2, 0) is 14.8 Å². The second kappa shape index (κ2) is 8.23. The average Bonchev–Trinajstić information content (AvgIpc) is 2.56. The molecule has 0 saturated heterocycles. The van der Waals surface area contributed by atoms with Crippen LogP contribution in [0.15, 0.2) is 53.7 Å². The first-order valence-electron chi connectivity index (χ1n) is 7.33. The van der Waals surface area contributed by atoms with Gasteiger partial charge in [0.1, 0.15) is 0 Å². The molecule has 2 N–H and O–H groups in total. The van der Waals surface area contributed by atoms with Crippen LogP contribution in [0, 0.1) is 0 Å². The van der Waals surface area contributed by atoms with Crippen LogP contribution >= 0.6 is 11.6 Å². The van der Waals surface area contributed by atoms with Crippen molar-refractivity contribution in [3.05, 3.63) is 59.4 Å². The Balaban J connectivity index is 1.83. The molecule has 1 unspecified atom stereocenters. The summed E-state index contributed by atoms with van der Waals surface area (Å²) >= 11 is 5.73. The van der Waals surface area contributed by atoms with E-state index in [9.17, 15) is 13.2 Å². The zero-order chi connectivity index (χ0) is 17.6. The smallest absolute Gasteiger partial charge is 0.240 e. The third-order valence-electron chi connectivity index (χ3n) is 3.35. The van der Waals surface area contributed by atoms with Gasteiger partial charge in [-0.1, -0.05) is 11.6 Å². The molecule has 0 fully saturated rings. The van der Waals surface area contributed by atoms with Crippen molar-refractivity contribution in [3.63, 3.8) is 0 Å². The van der Waals surface area contributed by atoms with Gasteiger partial charge in [-0.2, -0.15) is 0 Å². The molecule has 0 spiro atoms. The number of aromatic nitrogens is 1. The molecule has 1 aromatic carbocycles. The molecule has 2 rings (SSSR count). The maximum atomic E-state index is 12.1. The van der Waals surface area contributed by atoms with Gasteiger partial charge in [0.2, 0.25) is 15.9 Å². The van der Waals surface area contributed by atoms with Crippen LogP contribution in [0.2, 0.25) is 5.02 Å². The van der Waals surface area contributed by atoms with Crippen LogP contribution in [-0.4, -0.2) is 25.9 Å². The normalized spacial score (nSPS) is 12.6. The lowest BCUT2D eigenvalue weighted by Crippen LogP contribution is -2.32. The molecule has 0 aliphatic carbocycles. The van der Waals surface area contributed by atoms with Crippen LogP contribution in [0.25, 0.3) is 0 Å². The Morgan fingerprint density at radius 1 is 1.17 bits per heavy atom. The van der Waals surface area contributed by atoms with Crippen molar-refractivity contribution >= 4 is 27.5 Å². The summed E-state index contributed by atoms with van der Waals surface area (Å²) in [5.74, 6) is -0.238. The number of sulfonamides is 1. The maximum absolute atomic E-state index is 12.1. The van der Waals surface area contributed by atoms with E-state index < -0.39 is 10.0 Å². The zero-order valence-corrected chi connectivity index (χ0v) is 14.6. The summed E-state index contributed by atoms with van der Waals surface area (Å²) in [5, 5.41) is 3.27. The van der Waals surface area contributed by atoms with Gasteiger partial charge in [0.25, 0.3) is 0 Å². The number of carbonyl (C=O) groups is 1. The molecule has 0 aliphatic heterocycles. The van der Waals surface area contributed by atoms with Crippen molar-refractivity contribution in [2.75, 3.05) is 6.54 Å². The van der Waals surface area contributed by atoms with Crippen LogP contribution in [0.5, 0.6) is 0 Å². The third-order valence-corrected chi connectivity index (χ3v) is 5.08. The van der Waals surface area contributed by atoms with Gasteiger partial charge in [-0.15, -0.1) is 0 Å². The Hall–Kier alpha value is -1.96. The highest BCUT2D eigenvalue weighted by Gasteiger charge is 2.15. The lowest BCUT2D eigenvalue weighted by Gasteiger charge is -2.14. The van der Waals surface area contributed by atoms with E-state index in [4.69, 9.17) is 11.6 Å². The molecule has 2 aromatic rings. The minimum Gasteiger partial charge on any atom is -0.350 e. The van der Waals surface area contributed by atoms with Crippen LogP contribution in [0.3, 0.4) is 0 Å². The number of hydrogen-bond acceptors (Lipinski definition) is 4. The topological polar surface area (TPSA) is 88.2 Å². The molecule has 0 aliphatic rings. The van der Waals surface area contributed by atoms with E-state index in [0.717, 1.165) is 5.56 Å². The van der Waals surface area contributed by atoms with Gasteiger partial charge in [0.15, 0.2) is 0 Å². The first-order chi connectivity index (χ1) is 11.4. The van der Waals surface area contributed by atoms with E-state index in [1.165, 1.54) is 24.3 Å². The van der Waals surface area contributed by atoms with Gasteiger partial charge in [0, 0.05) is 30.4 Å². The van der Waals surface area contributed by atoms with Gasteiger partial charge < -0.3 is 5.32 Å². The van der Waals surface area contributed by atoms with Crippen molar-refractivity contribution in [3.8, 4) is 0 Å². The van der Waals surface area contributed by atoms with E-state index in [2.05, 4.69) is 15.0 Å². The van der Waals surface area contributed by atoms with E-state index in [0.29, 0.717) is 5.02 Å². The predicted octanol–water partition coefficient (Wildman–Crippen LogP) is 2.28. The molecule has 1 atom stereocenters. The van der Waals surface area contributed by atoms with Crippen LogP contribution in [0.4, 0.5) is 0 Å². The van der Waals surface area contributed by atoms with Crippen molar-refractivity contribution < 1.29 is 13.2 Å². The van der Waals surface area contributed by atoms with Gasteiger partial charge in [-0.25, -0.2) is 13.1 Å². The molecular formula is C16H18ClN3O3S. The summed E-state index contributed by atoms with van der Waals surface area (Å²) in [7, 11) is -3.65. The number of hydrogen-bond donors (Lipinski definition) is 2. The van der Waals surface area contributed by atoms with Crippen molar-refractivity contribution in [2.24, 2.45) is 0 Å². The molecule has 0 bridgehead atoms. The minimum atomic E-state index is -3.65. The van der Waals surface area contributed by atoms with Crippen LogP contribution < -0.4 is 10.0 Å². The zero-order valence-electron chi connectivity index (χ0n) is 13.1. The van der Waals surface area contributed by atoms with E-state index >= 15 is 0 Å². The fraction of sp³-hybridized carbons (Fsp3) is 0.250. The maximum Gasteiger partial charge on any atom is 0.240 e. The lowest BCUT2D eigenvalue weighted by atomic mass is 10.1. The molecule has 24 heavy (non-hydrogen) atoms. The molecule has 1 amide bonds. The van der Waals surface area contributed by atoms with Crippen molar-refractivity contribution in [1.29, 1.82) is 0 Å². The summed E-state index contributed by atoms with van der Waals surface area (Å²) in [4.78, 5) is 15.9. The van der Waals surface area contributed by atoms with E-state index in [1.54, 1.807) is 12.4 Å².